The predicted octanol–water partition coefficient (Wildman–Crippen LogP) is 3.36. The first kappa shape index (κ1) is 11.9. The molecule has 4 heteroatoms. The third-order valence-electron chi connectivity index (χ3n) is 3.17. The van der Waals surface area contributed by atoms with Gasteiger partial charge in [-0.2, -0.15) is 0 Å². The number of hydrogen-bond acceptors (Lipinski definition) is 2. The number of H-pyrrole nitrogens is 1. The van der Waals surface area contributed by atoms with Gasteiger partial charge in [-0.3, -0.25) is 14.3 Å². The van der Waals surface area contributed by atoms with Crippen LogP contribution in [0.25, 0.3) is 16.6 Å². The minimum Gasteiger partial charge on any atom is -0.298 e. The molecule has 0 bridgehead atoms. The van der Waals surface area contributed by atoms with E-state index in [2.05, 4.69) is 4.98 Å². The van der Waals surface area contributed by atoms with Crippen LogP contribution in [0.5, 0.6) is 0 Å². The van der Waals surface area contributed by atoms with Crippen LogP contribution in [0.4, 0.5) is 0 Å². The van der Waals surface area contributed by atoms with E-state index in [1.807, 2.05) is 54.0 Å². The van der Waals surface area contributed by atoms with Crippen LogP contribution in [0.15, 0.2) is 53.3 Å². The number of rotatable bonds is 1. The summed E-state index contributed by atoms with van der Waals surface area (Å²) < 4.78 is 2.32. The molecule has 3 aromatic rings. The monoisotopic (exact) mass is 268 g/mol. The van der Waals surface area contributed by atoms with Crippen LogP contribution in [-0.4, -0.2) is 9.55 Å². The molecule has 2 aromatic carbocycles. The molecule has 1 aromatic heterocycles. The highest BCUT2D eigenvalue weighted by Crippen LogP contribution is 2.19. The van der Waals surface area contributed by atoms with Gasteiger partial charge in [-0.1, -0.05) is 30.3 Å². The first-order valence-electron chi connectivity index (χ1n) is 5.98. The topological polar surface area (TPSA) is 37.8 Å². The van der Waals surface area contributed by atoms with Gasteiger partial charge in [-0.25, -0.2) is 0 Å². The Hall–Kier alpha value is -2.20. The molecular weight excluding hydrogens is 256 g/mol. The Bertz CT molecular complexity index is 877. The molecule has 1 heterocycles. The molecule has 0 atom stereocenters. The van der Waals surface area contributed by atoms with Crippen molar-refractivity contribution in [2.45, 2.75) is 6.92 Å². The van der Waals surface area contributed by atoms with Crippen LogP contribution in [0.3, 0.4) is 0 Å². The van der Waals surface area contributed by atoms with Crippen LogP contribution in [0, 0.1) is 11.7 Å². The van der Waals surface area contributed by atoms with Crippen molar-refractivity contribution in [1.29, 1.82) is 0 Å². The fraction of sp³-hybridized carbons (Fsp3) is 0.0667. The zero-order valence-electron chi connectivity index (χ0n) is 10.4. The summed E-state index contributed by atoms with van der Waals surface area (Å²) in [5.74, 6) is 0. The van der Waals surface area contributed by atoms with Gasteiger partial charge >= 0.3 is 0 Å². The Balaban J connectivity index is 2.52. The molecule has 0 saturated carbocycles. The Morgan fingerprint density at radius 1 is 1.05 bits per heavy atom. The molecule has 0 fully saturated rings. The predicted molar refractivity (Wildman–Crippen MR) is 79.5 cm³/mol. The van der Waals surface area contributed by atoms with Crippen molar-refractivity contribution in [2.75, 3.05) is 0 Å². The van der Waals surface area contributed by atoms with Crippen LogP contribution in [0.2, 0.25) is 0 Å². The zero-order valence-corrected chi connectivity index (χ0v) is 11.2. The number of benzene rings is 2. The van der Waals surface area contributed by atoms with Gasteiger partial charge in [0.25, 0.3) is 5.56 Å². The van der Waals surface area contributed by atoms with Crippen LogP contribution >= 0.6 is 12.2 Å². The average Bonchev–Trinajstić information content (AvgIpc) is 2.41. The number of aromatic nitrogens is 2. The minimum atomic E-state index is -0.148. The summed E-state index contributed by atoms with van der Waals surface area (Å²) in [6.07, 6.45) is 0. The minimum absolute atomic E-state index is 0.148. The van der Waals surface area contributed by atoms with E-state index < -0.39 is 0 Å². The lowest BCUT2D eigenvalue weighted by Crippen LogP contribution is -2.13. The number of aryl methyl sites for hydroxylation is 1. The average molecular weight is 268 g/mol. The summed E-state index contributed by atoms with van der Waals surface area (Å²) in [6, 6.07) is 15.4. The molecule has 94 valence electrons. The third-order valence-corrected chi connectivity index (χ3v) is 3.45. The number of nitrogens with one attached hydrogen (secondary N) is 1. The Morgan fingerprint density at radius 3 is 2.53 bits per heavy atom. The summed E-state index contributed by atoms with van der Waals surface area (Å²) in [6.45, 7) is 2.02. The van der Waals surface area contributed by atoms with Crippen LogP contribution in [-0.2, 0) is 0 Å². The number of aromatic amines is 1. The lowest BCUT2D eigenvalue weighted by molar-refractivity contribution is 0.979. The van der Waals surface area contributed by atoms with Crippen molar-refractivity contribution >= 4 is 23.1 Å². The fourth-order valence-corrected chi connectivity index (χ4v) is 2.53. The second-order valence-electron chi connectivity index (χ2n) is 4.40. The van der Waals surface area contributed by atoms with Crippen molar-refractivity contribution in [1.82, 2.24) is 9.55 Å². The SMILES string of the molecule is Cc1ccccc1-n1c(=S)[nH]c(=O)c2ccccc21. The number of para-hydroxylation sites is 2. The van der Waals surface area contributed by atoms with E-state index in [0.717, 1.165) is 16.8 Å². The molecule has 19 heavy (non-hydrogen) atoms. The Kier molecular flexibility index (Phi) is 2.80. The highest BCUT2D eigenvalue weighted by atomic mass is 32.1. The molecule has 0 unspecified atom stereocenters. The standard InChI is InChI=1S/C15H12N2OS/c1-10-6-2-4-8-12(10)17-13-9-5-3-7-11(13)14(18)16-15(17)19/h2-9H,1H3,(H,16,18,19). The molecule has 0 saturated heterocycles. The van der Waals surface area contributed by atoms with Crippen LogP contribution < -0.4 is 5.56 Å². The number of hydrogen-bond donors (Lipinski definition) is 1. The van der Waals surface area contributed by atoms with E-state index >= 15 is 0 Å². The zero-order chi connectivity index (χ0) is 13.4. The van der Waals surface area contributed by atoms with Crippen molar-refractivity contribution < 1.29 is 0 Å². The quantitative estimate of drug-likeness (QED) is 0.687. The van der Waals surface area contributed by atoms with E-state index in [-0.39, 0.29) is 5.56 Å². The van der Waals surface area contributed by atoms with Crippen molar-refractivity contribution in [3.8, 4) is 5.69 Å². The number of fused-ring (bicyclic) bond motifs is 1. The molecule has 0 amide bonds. The van der Waals surface area contributed by atoms with Gasteiger partial charge in [0, 0.05) is 0 Å². The molecule has 0 aliphatic rings. The first-order chi connectivity index (χ1) is 9.18. The van der Waals surface area contributed by atoms with E-state index in [0.29, 0.717) is 10.2 Å². The van der Waals surface area contributed by atoms with E-state index in [1.54, 1.807) is 6.07 Å². The third kappa shape index (κ3) is 1.90. The summed E-state index contributed by atoms with van der Waals surface area (Å²) in [4.78, 5) is 14.7. The molecule has 0 radical (unpaired) electrons. The van der Waals surface area contributed by atoms with Gasteiger partial charge in [0.15, 0.2) is 4.77 Å². The van der Waals surface area contributed by atoms with Gasteiger partial charge in [0.1, 0.15) is 0 Å². The molecular formula is C15H12N2OS. The molecule has 3 rings (SSSR count). The van der Waals surface area contributed by atoms with Gasteiger partial charge in [0.05, 0.1) is 16.6 Å². The lowest BCUT2D eigenvalue weighted by Gasteiger charge is -2.13. The van der Waals surface area contributed by atoms with Crippen molar-refractivity contribution in [3.05, 3.63) is 69.2 Å². The highest BCUT2D eigenvalue weighted by Gasteiger charge is 2.07. The normalized spacial score (nSPS) is 10.8. The summed E-state index contributed by atoms with van der Waals surface area (Å²) in [5, 5.41) is 0.638. The van der Waals surface area contributed by atoms with E-state index in [4.69, 9.17) is 12.2 Å². The summed E-state index contributed by atoms with van der Waals surface area (Å²) >= 11 is 5.32. The fourth-order valence-electron chi connectivity index (χ4n) is 2.24. The maximum atomic E-state index is 11.9. The molecule has 0 spiro atoms. The van der Waals surface area contributed by atoms with Gasteiger partial charge in [0.2, 0.25) is 0 Å². The second kappa shape index (κ2) is 4.48. The highest BCUT2D eigenvalue weighted by molar-refractivity contribution is 7.71. The van der Waals surface area contributed by atoms with Crippen molar-refractivity contribution in [2.24, 2.45) is 0 Å². The summed E-state index contributed by atoms with van der Waals surface area (Å²) in [5.41, 5.74) is 2.77. The first-order valence-corrected chi connectivity index (χ1v) is 6.39. The lowest BCUT2D eigenvalue weighted by atomic mass is 10.2. The maximum Gasteiger partial charge on any atom is 0.259 e. The van der Waals surface area contributed by atoms with Gasteiger partial charge in [-0.15, -0.1) is 0 Å². The summed E-state index contributed by atoms with van der Waals surface area (Å²) in [7, 11) is 0. The van der Waals surface area contributed by atoms with Crippen molar-refractivity contribution in [3.63, 3.8) is 0 Å². The maximum absolute atomic E-state index is 11.9. The van der Waals surface area contributed by atoms with Gasteiger partial charge in [-0.05, 0) is 42.9 Å². The van der Waals surface area contributed by atoms with Gasteiger partial charge < -0.3 is 0 Å². The number of nitrogens with zero attached hydrogens (tertiary/aromatic N) is 1. The second-order valence-corrected chi connectivity index (χ2v) is 4.79. The largest absolute Gasteiger partial charge is 0.298 e. The smallest absolute Gasteiger partial charge is 0.259 e. The van der Waals surface area contributed by atoms with E-state index in [9.17, 15) is 4.79 Å². The molecule has 3 nitrogen and oxygen atoms in total. The van der Waals surface area contributed by atoms with E-state index in [1.165, 1.54) is 0 Å². The molecule has 0 aliphatic heterocycles. The molecule has 1 N–H and O–H groups in total. The Labute approximate surface area is 115 Å². The molecule has 0 aliphatic carbocycles. The van der Waals surface area contributed by atoms with Crippen LogP contribution in [0.1, 0.15) is 5.56 Å². The Morgan fingerprint density at radius 2 is 1.74 bits per heavy atom.